The number of carbonyl (C=O) groups excluding carboxylic acids is 1. The second kappa shape index (κ2) is 10.1. The minimum atomic E-state index is -0.412. The minimum absolute atomic E-state index is 0.0289. The number of hydrogen-bond donors (Lipinski definition) is 1. The quantitative estimate of drug-likeness (QED) is 0.669. The lowest BCUT2D eigenvalue weighted by atomic mass is 10.0. The van der Waals surface area contributed by atoms with Crippen molar-refractivity contribution in [1.29, 1.82) is 5.26 Å². The second-order valence-corrected chi connectivity index (χ2v) is 8.13. The molecule has 1 aromatic carbocycles. The highest BCUT2D eigenvalue weighted by molar-refractivity contribution is 6.03. The molecule has 1 N–H and O–H groups in total. The summed E-state index contributed by atoms with van der Waals surface area (Å²) in [5, 5.41) is 13.8. The number of fused-ring (bicyclic) bond motifs is 1. The van der Waals surface area contributed by atoms with Crippen molar-refractivity contribution >= 4 is 16.8 Å². The largest absolute Gasteiger partial charge is 0.385 e. The zero-order chi connectivity index (χ0) is 21.7. The Hall–Kier alpha value is -2.43. The van der Waals surface area contributed by atoms with E-state index in [-0.39, 0.29) is 23.6 Å². The number of para-hydroxylation sites is 1. The molecule has 7 heteroatoms. The van der Waals surface area contributed by atoms with Gasteiger partial charge in [-0.05, 0) is 52.1 Å². The van der Waals surface area contributed by atoms with Gasteiger partial charge in [-0.15, -0.1) is 0 Å². The van der Waals surface area contributed by atoms with E-state index in [4.69, 9.17) is 4.74 Å². The number of unbranched alkanes of at least 4 members (excludes halogenated alkanes) is 1. The second-order valence-electron chi connectivity index (χ2n) is 8.13. The lowest BCUT2D eigenvalue weighted by Crippen LogP contribution is -2.52. The van der Waals surface area contributed by atoms with E-state index in [1.165, 1.54) is 6.07 Å². The molecule has 1 aliphatic heterocycles. The van der Waals surface area contributed by atoms with E-state index < -0.39 is 5.82 Å². The maximum atomic E-state index is 14.8. The maximum absolute atomic E-state index is 14.8. The summed E-state index contributed by atoms with van der Waals surface area (Å²) in [4.78, 5) is 15.7. The van der Waals surface area contributed by atoms with Crippen molar-refractivity contribution in [2.24, 2.45) is 0 Å². The molecule has 1 aliphatic rings. The number of aromatic nitrogens is 1. The van der Waals surface area contributed by atoms with Crippen molar-refractivity contribution in [3.05, 3.63) is 35.3 Å². The third-order valence-electron chi connectivity index (χ3n) is 5.78. The van der Waals surface area contributed by atoms with Crippen molar-refractivity contribution < 1.29 is 13.9 Å². The van der Waals surface area contributed by atoms with Crippen LogP contribution in [-0.2, 0) is 11.3 Å². The fourth-order valence-electron chi connectivity index (χ4n) is 4.46. The van der Waals surface area contributed by atoms with Gasteiger partial charge >= 0.3 is 0 Å². The van der Waals surface area contributed by atoms with E-state index in [1.807, 2.05) is 18.7 Å². The lowest BCUT2D eigenvalue weighted by molar-refractivity contribution is 0.0562. The molecule has 3 rings (SSSR count). The summed E-state index contributed by atoms with van der Waals surface area (Å²) in [6.07, 6.45) is 3.44. The number of nitriles is 1. The van der Waals surface area contributed by atoms with E-state index >= 15 is 0 Å². The number of aryl methyl sites for hydroxylation is 1. The number of piperidine rings is 1. The van der Waals surface area contributed by atoms with Crippen LogP contribution in [0.15, 0.2) is 18.2 Å². The first kappa shape index (κ1) is 22.3. The Bertz CT molecular complexity index is 925. The summed E-state index contributed by atoms with van der Waals surface area (Å²) in [5.74, 6) is -0.609. The van der Waals surface area contributed by atoms with Crippen molar-refractivity contribution in [2.75, 3.05) is 26.8 Å². The van der Waals surface area contributed by atoms with Gasteiger partial charge in [0.2, 0.25) is 0 Å². The molecule has 162 valence electrons. The van der Waals surface area contributed by atoms with E-state index in [0.717, 1.165) is 38.8 Å². The molecule has 0 spiro atoms. The SMILES string of the molecule is COCCCCn1c(C(=O)N(C(C)C)[C@@H]2CCCNC2)c(C#N)c2cccc(F)c21. The van der Waals surface area contributed by atoms with Crippen LogP contribution in [0.3, 0.4) is 0 Å². The molecule has 0 saturated carbocycles. The number of nitrogens with one attached hydrogen (secondary N) is 1. The van der Waals surface area contributed by atoms with Gasteiger partial charge in [0.15, 0.2) is 0 Å². The molecular formula is C23H31FN4O2. The van der Waals surface area contributed by atoms with Crippen LogP contribution < -0.4 is 5.32 Å². The molecule has 30 heavy (non-hydrogen) atoms. The van der Waals surface area contributed by atoms with E-state index in [0.29, 0.717) is 29.7 Å². The van der Waals surface area contributed by atoms with Crippen LogP contribution in [-0.4, -0.2) is 54.3 Å². The summed E-state index contributed by atoms with van der Waals surface area (Å²) < 4.78 is 21.7. The molecule has 1 aromatic heterocycles. The molecule has 1 saturated heterocycles. The number of methoxy groups -OCH3 is 1. The number of rotatable bonds is 8. The Morgan fingerprint density at radius 3 is 2.87 bits per heavy atom. The molecule has 0 unspecified atom stereocenters. The van der Waals surface area contributed by atoms with Crippen LogP contribution in [0.5, 0.6) is 0 Å². The summed E-state index contributed by atoms with van der Waals surface area (Å²) in [6.45, 7) is 6.72. The highest BCUT2D eigenvalue weighted by atomic mass is 19.1. The van der Waals surface area contributed by atoms with Crippen molar-refractivity contribution in [2.45, 2.75) is 58.2 Å². The lowest BCUT2D eigenvalue weighted by Gasteiger charge is -2.37. The molecule has 6 nitrogen and oxygen atoms in total. The van der Waals surface area contributed by atoms with Crippen LogP contribution in [0.1, 0.15) is 55.6 Å². The fraction of sp³-hybridized carbons (Fsp3) is 0.565. The first-order valence-corrected chi connectivity index (χ1v) is 10.7. The van der Waals surface area contributed by atoms with Gasteiger partial charge in [-0.3, -0.25) is 4.79 Å². The molecule has 2 aromatic rings. The number of nitrogens with zero attached hydrogens (tertiary/aromatic N) is 3. The van der Waals surface area contributed by atoms with E-state index in [2.05, 4.69) is 11.4 Å². The monoisotopic (exact) mass is 414 g/mol. The molecule has 0 bridgehead atoms. The van der Waals surface area contributed by atoms with Gasteiger partial charge in [-0.1, -0.05) is 12.1 Å². The normalized spacial score (nSPS) is 16.7. The molecule has 1 amide bonds. The third-order valence-corrected chi connectivity index (χ3v) is 5.78. The highest BCUT2D eigenvalue weighted by Gasteiger charge is 2.33. The molecule has 2 heterocycles. The van der Waals surface area contributed by atoms with Crippen molar-refractivity contribution in [3.63, 3.8) is 0 Å². The first-order valence-electron chi connectivity index (χ1n) is 10.7. The smallest absolute Gasteiger partial charge is 0.272 e. The van der Waals surface area contributed by atoms with Crippen LogP contribution >= 0.6 is 0 Å². The Kier molecular flexibility index (Phi) is 7.46. The molecule has 1 atom stereocenters. The van der Waals surface area contributed by atoms with E-state index in [9.17, 15) is 14.4 Å². The highest BCUT2D eigenvalue weighted by Crippen LogP contribution is 2.31. The van der Waals surface area contributed by atoms with Gasteiger partial charge in [0.05, 0.1) is 11.1 Å². The standard InChI is InChI=1S/C23H31FN4O2/c1-16(2)28(17-8-7-11-26-15-17)23(29)22-19(14-25)18-9-6-10-20(24)21(18)27(22)12-4-5-13-30-3/h6,9-10,16-17,26H,4-5,7-8,11-13,15H2,1-3H3/t17-/m1/s1. The Morgan fingerprint density at radius 1 is 1.43 bits per heavy atom. The fourth-order valence-corrected chi connectivity index (χ4v) is 4.46. The first-order chi connectivity index (χ1) is 14.5. The summed E-state index contributed by atoms with van der Waals surface area (Å²) >= 11 is 0. The average Bonchev–Trinajstić information content (AvgIpc) is 3.06. The maximum Gasteiger partial charge on any atom is 0.272 e. The summed E-state index contributed by atoms with van der Waals surface area (Å²) in [7, 11) is 1.65. The van der Waals surface area contributed by atoms with Gasteiger partial charge in [0.1, 0.15) is 17.6 Å². The topological polar surface area (TPSA) is 70.3 Å². The molecular weight excluding hydrogens is 383 g/mol. The third kappa shape index (κ3) is 4.35. The molecule has 0 radical (unpaired) electrons. The number of carbonyl (C=O) groups is 1. The van der Waals surface area contributed by atoms with Crippen molar-refractivity contribution in [1.82, 2.24) is 14.8 Å². The predicted molar refractivity (Wildman–Crippen MR) is 115 cm³/mol. The number of hydrogen-bond acceptors (Lipinski definition) is 4. The van der Waals surface area contributed by atoms with Gasteiger partial charge < -0.3 is 19.5 Å². The average molecular weight is 415 g/mol. The zero-order valence-electron chi connectivity index (χ0n) is 18.1. The van der Waals surface area contributed by atoms with Crippen molar-refractivity contribution in [3.8, 4) is 6.07 Å². The van der Waals surface area contributed by atoms with Gasteiger partial charge in [-0.25, -0.2) is 4.39 Å². The minimum Gasteiger partial charge on any atom is -0.385 e. The van der Waals surface area contributed by atoms with Crippen LogP contribution in [0.4, 0.5) is 4.39 Å². The Balaban J connectivity index is 2.11. The number of benzene rings is 1. The number of amides is 1. The molecule has 1 fully saturated rings. The van der Waals surface area contributed by atoms with Crippen LogP contribution in [0.25, 0.3) is 10.9 Å². The van der Waals surface area contributed by atoms with Gasteiger partial charge in [-0.2, -0.15) is 5.26 Å². The summed E-state index contributed by atoms with van der Waals surface area (Å²) in [5.41, 5.74) is 0.894. The van der Waals surface area contributed by atoms with E-state index in [1.54, 1.807) is 23.8 Å². The van der Waals surface area contributed by atoms with Gasteiger partial charge in [0.25, 0.3) is 5.91 Å². The number of ether oxygens (including phenoxy) is 1. The number of halogens is 1. The molecule has 0 aliphatic carbocycles. The Labute approximate surface area is 177 Å². The summed E-state index contributed by atoms with van der Waals surface area (Å²) in [6, 6.07) is 6.92. The van der Waals surface area contributed by atoms with Crippen LogP contribution in [0, 0.1) is 17.1 Å². The van der Waals surface area contributed by atoms with Crippen LogP contribution in [0.2, 0.25) is 0 Å². The Morgan fingerprint density at radius 2 is 2.23 bits per heavy atom. The predicted octanol–water partition coefficient (Wildman–Crippen LogP) is 3.68. The zero-order valence-corrected chi connectivity index (χ0v) is 18.1. The van der Waals surface area contributed by atoms with Gasteiger partial charge in [0, 0.05) is 44.3 Å².